The molecule has 0 fully saturated rings. The smallest absolute Gasteiger partial charge is 0.273 e. The first-order valence-corrected chi connectivity index (χ1v) is 6.80. The number of para-hydroxylation sites is 1. The predicted molar refractivity (Wildman–Crippen MR) is 85.1 cm³/mol. The van der Waals surface area contributed by atoms with Crippen molar-refractivity contribution in [3.05, 3.63) is 84.4 Å². The van der Waals surface area contributed by atoms with Gasteiger partial charge in [-0.25, -0.2) is 5.43 Å². The maximum atomic E-state index is 12.3. The van der Waals surface area contributed by atoms with E-state index in [0.29, 0.717) is 5.56 Å². The fourth-order valence-electron chi connectivity index (χ4n) is 2.06. The maximum Gasteiger partial charge on any atom is 0.273 e. The number of carbonyl (C=O) groups excluding carboxylic acids is 1. The van der Waals surface area contributed by atoms with Crippen LogP contribution in [0.5, 0.6) is 0 Å². The summed E-state index contributed by atoms with van der Waals surface area (Å²) in [6.07, 6.45) is 8.71. The third-order valence-corrected chi connectivity index (χ3v) is 3.12. The molecule has 3 aromatic rings. The van der Waals surface area contributed by atoms with Crippen LogP contribution in [0.3, 0.4) is 0 Å². The monoisotopic (exact) mass is 290 g/mol. The van der Waals surface area contributed by atoms with E-state index >= 15 is 0 Å². The van der Waals surface area contributed by atoms with E-state index in [1.54, 1.807) is 24.7 Å². The van der Waals surface area contributed by atoms with Gasteiger partial charge in [0, 0.05) is 24.8 Å². The molecular formula is C17H14N4O. The molecule has 0 saturated heterocycles. The topological polar surface area (TPSA) is 59.3 Å². The van der Waals surface area contributed by atoms with Crippen molar-refractivity contribution in [2.75, 3.05) is 0 Å². The highest BCUT2D eigenvalue weighted by Crippen LogP contribution is 2.14. The SMILES string of the molecule is O=C(N/N=C\c1ccncc1)c1ccccc1-n1cccc1. The Balaban J connectivity index is 1.77. The summed E-state index contributed by atoms with van der Waals surface area (Å²) in [6.45, 7) is 0. The number of benzene rings is 1. The Kier molecular flexibility index (Phi) is 4.06. The molecule has 0 atom stereocenters. The molecular weight excluding hydrogens is 276 g/mol. The van der Waals surface area contributed by atoms with Crippen molar-refractivity contribution in [2.24, 2.45) is 5.10 Å². The van der Waals surface area contributed by atoms with Crippen LogP contribution in [-0.4, -0.2) is 21.7 Å². The zero-order valence-corrected chi connectivity index (χ0v) is 11.8. The second kappa shape index (κ2) is 6.49. The van der Waals surface area contributed by atoms with Crippen molar-refractivity contribution < 1.29 is 4.79 Å². The lowest BCUT2D eigenvalue weighted by molar-refractivity contribution is 0.0955. The Morgan fingerprint density at radius 2 is 1.77 bits per heavy atom. The van der Waals surface area contributed by atoms with Crippen molar-refractivity contribution in [3.8, 4) is 5.69 Å². The van der Waals surface area contributed by atoms with Crippen LogP contribution in [0.15, 0.2) is 78.4 Å². The normalized spacial score (nSPS) is 10.7. The molecule has 0 spiro atoms. The third-order valence-electron chi connectivity index (χ3n) is 3.12. The van der Waals surface area contributed by atoms with Gasteiger partial charge in [-0.2, -0.15) is 5.10 Å². The molecule has 1 N–H and O–H groups in total. The number of aromatic nitrogens is 2. The summed E-state index contributed by atoms with van der Waals surface area (Å²) in [7, 11) is 0. The molecule has 0 radical (unpaired) electrons. The van der Waals surface area contributed by atoms with Crippen molar-refractivity contribution in [1.82, 2.24) is 15.0 Å². The number of pyridine rings is 1. The summed E-state index contributed by atoms with van der Waals surface area (Å²) in [5.41, 5.74) is 4.79. The average Bonchev–Trinajstić information content (AvgIpc) is 3.10. The summed E-state index contributed by atoms with van der Waals surface area (Å²) in [5, 5.41) is 3.98. The molecule has 0 aliphatic heterocycles. The van der Waals surface area contributed by atoms with E-state index in [-0.39, 0.29) is 5.91 Å². The number of nitrogens with one attached hydrogen (secondary N) is 1. The van der Waals surface area contributed by atoms with Gasteiger partial charge in [0.25, 0.3) is 5.91 Å². The quantitative estimate of drug-likeness (QED) is 0.593. The third kappa shape index (κ3) is 3.09. The fourth-order valence-corrected chi connectivity index (χ4v) is 2.06. The minimum absolute atomic E-state index is 0.255. The second-order valence-corrected chi connectivity index (χ2v) is 4.59. The molecule has 0 aliphatic carbocycles. The molecule has 0 aliphatic rings. The lowest BCUT2D eigenvalue weighted by Crippen LogP contribution is -2.19. The molecule has 2 heterocycles. The summed E-state index contributed by atoms with van der Waals surface area (Å²) in [5.74, 6) is -0.255. The van der Waals surface area contributed by atoms with Crippen LogP contribution >= 0.6 is 0 Å². The first-order chi connectivity index (χ1) is 10.8. The minimum Gasteiger partial charge on any atom is -0.323 e. The van der Waals surface area contributed by atoms with E-state index in [1.165, 1.54) is 0 Å². The van der Waals surface area contributed by atoms with Gasteiger partial charge in [0.2, 0.25) is 0 Å². The number of hydrazone groups is 1. The Morgan fingerprint density at radius 3 is 2.55 bits per heavy atom. The van der Waals surface area contributed by atoms with Gasteiger partial charge in [-0.3, -0.25) is 9.78 Å². The largest absolute Gasteiger partial charge is 0.323 e. The molecule has 3 rings (SSSR count). The molecule has 0 bridgehead atoms. The van der Waals surface area contributed by atoms with E-state index in [1.807, 2.05) is 59.4 Å². The predicted octanol–water partition coefficient (Wildman–Crippen LogP) is 2.64. The lowest BCUT2D eigenvalue weighted by atomic mass is 10.1. The van der Waals surface area contributed by atoms with E-state index < -0.39 is 0 Å². The van der Waals surface area contributed by atoms with Gasteiger partial charge >= 0.3 is 0 Å². The van der Waals surface area contributed by atoms with Crippen LogP contribution in [0.4, 0.5) is 0 Å². The zero-order chi connectivity index (χ0) is 15.2. The van der Waals surface area contributed by atoms with Crippen molar-refractivity contribution >= 4 is 12.1 Å². The van der Waals surface area contributed by atoms with E-state index in [4.69, 9.17) is 0 Å². The molecule has 1 aromatic carbocycles. The number of hydrogen-bond acceptors (Lipinski definition) is 3. The first-order valence-electron chi connectivity index (χ1n) is 6.80. The highest BCUT2D eigenvalue weighted by molar-refractivity contribution is 5.98. The van der Waals surface area contributed by atoms with Crippen molar-refractivity contribution in [2.45, 2.75) is 0 Å². The molecule has 108 valence electrons. The van der Waals surface area contributed by atoms with Crippen LogP contribution < -0.4 is 5.43 Å². The van der Waals surface area contributed by atoms with Gasteiger partial charge in [0.15, 0.2) is 0 Å². The van der Waals surface area contributed by atoms with Gasteiger partial charge in [-0.05, 0) is 42.0 Å². The van der Waals surface area contributed by atoms with Gasteiger partial charge < -0.3 is 4.57 Å². The second-order valence-electron chi connectivity index (χ2n) is 4.59. The molecule has 0 unspecified atom stereocenters. The Labute approximate surface area is 127 Å². The maximum absolute atomic E-state index is 12.3. The molecule has 1 amide bonds. The first kappa shape index (κ1) is 13.8. The molecule has 5 nitrogen and oxygen atoms in total. The number of carbonyl (C=O) groups is 1. The van der Waals surface area contributed by atoms with Gasteiger partial charge in [0.1, 0.15) is 0 Å². The highest BCUT2D eigenvalue weighted by atomic mass is 16.2. The minimum atomic E-state index is -0.255. The fraction of sp³-hybridized carbons (Fsp3) is 0. The van der Waals surface area contributed by atoms with Gasteiger partial charge in [-0.15, -0.1) is 0 Å². The van der Waals surface area contributed by atoms with E-state index in [0.717, 1.165) is 11.3 Å². The van der Waals surface area contributed by atoms with Crippen LogP contribution in [0.25, 0.3) is 5.69 Å². The van der Waals surface area contributed by atoms with Crippen molar-refractivity contribution in [1.29, 1.82) is 0 Å². The summed E-state index contributed by atoms with van der Waals surface area (Å²) in [4.78, 5) is 16.2. The molecule has 0 saturated carbocycles. The van der Waals surface area contributed by atoms with Gasteiger partial charge in [0.05, 0.1) is 17.5 Å². The van der Waals surface area contributed by atoms with Crippen LogP contribution in [0.1, 0.15) is 15.9 Å². The summed E-state index contributed by atoms with van der Waals surface area (Å²) in [6, 6.07) is 14.8. The molecule has 22 heavy (non-hydrogen) atoms. The number of nitrogens with zero attached hydrogens (tertiary/aromatic N) is 3. The molecule has 5 heteroatoms. The Bertz CT molecular complexity index is 779. The number of rotatable bonds is 4. The van der Waals surface area contributed by atoms with Crippen LogP contribution in [-0.2, 0) is 0 Å². The Hall–Kier alpha value is -3.21. The number of hydrogen-bond donors (Lipinski definition) is 1. The van der Waals surface area contributed by atoms with E-state index in [9.17, 15) is 4.79 Å². The summed E-state index contributed by atoms with van der Waals surface area (Å²) >= 11 is 0. The highest BCUT2D eigenvalue weighted by Gasteiger charge is 2.10. The Morgan fingerprint density at radius 1 is 1.05 bits per heavy atom. The molecule has 2 aromatic heterocycles. The average molecular weight is 290 g/mol. The summed E-state index contributed by atoms with van der Waals surface area (Å²) < 4.78 is 1.89. The lowest BCUT2D eigenvalue weighted by Gasteiger charge is -2.08. The van der Waals surface area contributed by atoms with Crippen molar-refractivity contribution in [3.63, 3.8) is 0 Å². The van der Waals surface area contributed by atoms with E-state index in [2.05, 4.69) is 15.5 Å². The van der Waals surface area contributed by atoms with Crippen LogP contribution in [0, 0.1) is 0 Å². The van der Waals surface area contributed by atoms with Gasteiger partial charge in [-0.1, -0.05) is 12.1 Å². The van der Waals surface area contributed by atoms with Crippen LogP contribution in [0.2, 0.25) is 0 Å². The standard InChI is InChI=1S/C17H14N4O/c22-17(20-19-13-14-7-9-18-10-8-14)15-5-1-2-6-16(15)21-11-3-4-12-21/h1-13H,(H,20,22)/b19-13-. The number of amides is 1. The zero-order valence-electron chi connectivity index (χ0n) is 11.8.